The summed E-state index contributed by atoms with van der Waals surface area (Å²) in [6.07, 6.45) is 1.88. The monoisotopic (exact) mass is 251 g/mol. The van der Waals surface area contributed by atoms with Gasteiger partial charge in [-0.05, 0) is 12.3 Å². The topological polar surface area (TPSA) is 80.8 Å². The molecule has 0 atom stereocenters. The number of hydrogen-bond acceptors (Lipinski definition) is 5. The van der Waals surface area contributed by atoms with Crippen LogP contribution in [0, 0.1) is 11.8 Å². The van der Waals surface area contributed by atoms with Crippen molar-refractivity contribution in [2.45, 2.75) is 39.0 Å². The van der Waals surface area contributed by atoms with E-state index in [1.54, 1.807) is 0 Å². The maximum absolute atomic E-state index is 11.2. The van der Waals surface area contributed by atoms with Crippen molar-refractivity contribution >= 4 is 23.6 Å². The molecule has 1 saturated heterocycles. The van der Waals surface area contributed by atoms with E-state index < -0.39 is 17.8 Å². The molecule has 1 rings (SSSR count). The molecule has 0 bridgehead atoms. The van der Waals surface area contributed by atoms with E-state index in [4.69, 9.17) is 0 Å². The Morgan fingerprint density at radius 1 is 1.22 bits per heavy atom. The Morgan fingerprint density at radius 2 is 1.83 bits per heavy atom. The lowest BCUT2D eigenvalue weighted by atomic mass is 10.2. The molecule has 18 heavy (non-hydrogen) atoms. The Labute approximate surface area is 104 Å². The smallest absolute Gasteiger partial charge is 0.318 e. The summed E-state index contributed by atoms with van der Waals surface area (Å²) >= 11 is 0. The third kappa shape index (κ3) is 4.01. The lowest BCUT2D eigenvalue weighted by molar-refractivity contribution is -0.193. The number of Topliss-reactive ketones (excluding diaryl/α,β-unsaturated/α-hetero) is 1. The van der Waals surface area contributed by atoms with Crippen LogP contribution in [-0.4, -0.2) is 28.6 Å². The fourth-order valence-electron chi connectivity index (χ4n) is 1.28. The average molecular weight is 251 g/mol. The molecule has 0 aromatic carbocycles. The number of nitrogens with zero attached hydrogens (tertiary/aromatic N) is 1. The highest BCUT2D eigenvalue weighted by Gasteiger charge is 2.32. The van der Waals surface area contributed by atoms with Crippen LogP contribution < -0.4 is 0 Å². The number of rotatable bonds is 4. The Hall–Kier alpha value is -2.16. The van der Waals surface area contributed by atoms with E-state index in [2.05, 4.69) is 10.8 Å². The SMILES string of the molecule is CCCCC(=O)C#CC(=O)ON1C(=O)CCC1=O. The highest BCUT2D eigenvalue weighted by atomic mass is 16.7. The van der Waals surface area contributed by atoms with Crippen LogP contribution in [0.5, 0.6) is 0 Å². The zero-order chi connectivity index (χ0) is 13.5. The second kappa shape index (κ2) is 6.55. The summed E-state index contributed by atoms with van der Waals surface area (Å²) in [7, 11) is 0. The van der Waals surface area contributed by atoms with Crippen molar-refractivity contribution in [1.82, 2.24) is 5.06 Å². The second-order valence-corrected chi connectivity index (χ2v) is 3.74. The first-order chi connectivity index (χ1) is 8.54. The van der Waals surface area contributed by atoms with E-state index in [0.717, 1.165) is 6.42 Å². The molecule has 0 unspecified atom stereocenters. The van der Waals surface area contributed by atoms with Crippen molar-refractivity contribution in [2.75, 3.05) is 0 Å². The van der Waals surface area contributed by atoms with Crippen LogP contribution in [0.25, 0.3) is 0 Å². The molecule has 96 valence electrons. The number of imide groups is 1. The molecule has 1 aliphatic rings. The van der Waals surface area contributed by atoms with Gasteiger partial charge in [-0.2, -0.15) is 0 Å². The van der Waals surface area contributed by atoms with Gasteiger partial charge in [-0.1, -0.05) is 13.3 Å². The molecule has 6 heteroatoms. The molecule has 0 saturated carbocycles. The highest BCUT2D eigenvalue weighted by molar-refractivity contribution is 6.04. The van der Waals surface area contributed by atoms with Crippen molar-refractivity contribution in [2.24, 2.45) is 0 Å². The molecule has 0 spiro atoms. The van der Waals surface area contributed by atoms with Gasteiger partial charge in [-0.25, -0.2) is 4.79 Å². The molecule has 0 radical (unpaired) electrons. The first kappa shape index (κ1) is 13.9. The number of unbranched alkanes of at least 4 members (excludes halogenated alkanes) is 1. The fourth-order valence-corrected chi connectivity index (χ4v) is 1.28. The molecule has 0 aromatic rings. The van der Waals surface area contributed by atoms with E-state index in [-0.39, 0.29) is 25.0 Å². The highest BCUT2D eigenvalue weighted by Crippen LogP contribution is 2.11. The van der Waals surface area contributed by atoms with E-state index in [0.29, 0.717) is 11.5 Å². The molecule has 1 fully saturated rings. The van der Waals surface area contributed by atoms with Gasteiger partial charge in [-0.3, -0.25) is 14.4 Å². The largest absolute Gasteiger partial charge is 0.409 e. The van der Waals surface area contributed by atoms with Gasteiger partial charge in [-0.15, -0.1) is 5.06 Å². The first-order valence-electron chi connectivity index (χ1n) is 5.67. The molecular formula is C12H13NO5. The van der Waals surface area contributed by atoms with E-state index in [1.807, 2.05) is 12.8 Å². The number of carbonyl (C=O) groups excluding carboxylic acids is 4. The van der Waals surface area contributed by atoms with Gasteiger partial charge in [0.1, 0.15) is 0 Å². The van der Waals surface area contributed by atoms with Crippen molar-refractivity contribution in [3.8, 4) is 11.8 Å². The van der Waals surface area contributed by atoms with Crippen molar-refractivity contribution in [3.05, 3.63) is 0 Å². The van der Waals surface area contributed by atoms with Crippen LogP contribution in [0.3, 0.4) is 0 Å². The summed E-state index contributed by atoms with van der Waals surface area (Å²) < 4.78 is 0. The normalized spacial score (nSPS) is 14.2. The number of hydroxylamine groups is 2. The van der Waals surface area contributed by atoms with Gasteiger partial charge < -0.3 is 4.84 Å². The lowest BCUT2D eigenvalue weighted by Crippen LogP contribution is -2.31. The predicted octanol–water partition coefficient (Wildman–Crippen LogP) is 0.356. The molecule has 1 heterocycles. The van der Waals surface area contributed by atoms with E-state index in [9.17, 15) is 19.2 Å². The summed E-state index contributed by atoms with van der Waals surface area (Å²) in [6.45, 7) is 1.93. The summed E-state index contributed by atoms with van der Waals surface area (Å²) in [5, 5.41) is 0.396. The fraction of sp³-hybridized carbons (Fsp3) is 0.500. The van der Waals surface area contributed by atoms with Gasteiger partial charge in [0.05, 0.1) is 0 Å². The molecule has 0 N–H and O–H groups in total. The minimum atomic E-state index is -1.08. The van der Waals surface area contributed by atoms with Crippen molar-refractivity contribution in [3.63, 3.8) is 0 Å². The molecule has 2 amide bonds. The predicted molar refractivity (Wildman–Crippen MR) is 59.5 cm³/mol. The summed E-state index contributed by atoms with van der Waals surface area (Å²) in [5.74, 6) is 1.46. The zero-order valence-corrected chi connectivity index (χ0v) is 10.0. The molecule has 0 aromatic heterocycles. The van der Waals surface area contributed by atoms with Gasteiger partial charge in [0.25, 0.3) is 11.8 Å². The Morgan fingerprint density at radius 3 is 2.39 bits per heavy atom. The number of hydrogen-bond donors (Lipinski definition) is 0. The van der Waals surface area contributed by atoms with E-state index in [1.165, 1.54) is 0 Å². The van der Waals surface area contributed by atoms with Crippen molar-refractivity contribution in [1.29, 1.82) is 0 Å². The minimum Gasteiger partial charge on any atom is -0.318 e. The Bertz CT molecular complexity index is 427. The quantitative estimate of drug-likeness (QED) is 0.409. The summed E-state index contributed by atoms with van der Waals surface area (Å²) in [5.41, 5.74) is 0. The average Bonchev–Trinajstić information content (AvgIpc) is 2.65. The second-order valence-electron chi connectivity index (χ2n) is 3.74. The minimum absolute atomic E-state index is 0.0228. The van der Waals surface area contributed by atoms with E-state index >= 15 is 0 Å². The Balaban J connectivity index is 2.47. The van der Waals surface area contributed by atoms with Gasteiger partial charge in [0.2, 0.25) is 5.78 Å². The maximum atomic E-state index is 11.2. The number of amides is 2. The lowest BCUT2D eigenvalue weighted by Gasteiger charge is -2.09. The van der Waals surface area contributed by atoms with Gasteiger partial charge >= 0.3 is 5.97 Å². The third-order valence-corrected chi connectivity index (χ3v) is 2.24. The van der Waals surface area contributed by atoms with Crippen LogP contribution in [-0.2, 0) is 24.0 Å². The molecule has 0 aliphatic carbocycles. The van der Waals surface area contributed by atoms with Crippen molar-refractivity contribution < 1.29 is 24.0 Å². The molecular weight excluding hydrogens is 238 g/mol. The van der Waals surface area contributed by atoms with Gasteiger partial charge in [0.15, 0.2) is 0 Å². The zero-order valence-electron chi connectivity index (χ0n) is 10.0. The number of ketones is 1. The van der Waals surface area contributed by atoms with Gasteiger partial charge in [0, 0.05) is 25.2 Å². The van der Waals surface area contributed by atoms with Crippen LogP contribution in [0.2, 0.25) is 0 Å². The molecule has 1 aliphatic heterocycles. The summed E-state index contributed by atoms with van der Waals surface area (Å²) in [6, 6.07) is 0. The van der Waals surface area contributed by atoms with Crippen LogP contribution >= 0.6 is 0 Å². The number of carbonyl (C=O) groups is 4. The van der Waals surface area contributed by atoms with Crippen LogP contribution in [0.15, 0.2) is 0 Å². The first-order valence-corrected chi connectivity index (χ1v) is 5.67. The van der Waals surface area contributed by atoms with Crippen LogP contribution in [0.1, 0.15) is 39.0 Å². The third-order valence-electron chi connectivity index (χ3n) is 2.24. The maximum Gasteiger partial charge on any atom is 0.409 e. The Kier molecular flexibility index (Phi) is 5.06. The standard InChI is InChI=1S/C12H13NO5/c1-2-3-4-9(14)5-8-12(17)18-13-10(15)6-7-11(13)16/h2-4,6-7H2,1H3. The van der Waals surface area contributed by atoms with Crippen LogP contribution in [0.4, 0.5) is 0 Å². The summed E-state index contributed by atoms with van der Waals surface area (Å²) in [4.78, 5) is 49.0. The molecule has 6 nitrogen and oxygen atoms in total.